The Hall–Kier alpha value is -2.64. The van der Waals surface area contributed by atoms with Crippen LogP contribution in [0, 0.1) is 94.7 Å². The van der Waals surface area contributed by atoms with Crippen molar-refractivity contribution in [3.05, 3.63) is 24.8 Å². The van der Waals surface area contributed by atoms with Crippen molar-refractivity contribution in [3.8, 4) is 0 Å². The summed E-state index contributed by atoms with van der Waals surface area (Å²) in [6.07, 6.45) is 46.2. The zero-order valence-electron chi connectivity index (χ0n) is 48.3. The zero-order chi connectivity index (χ0) is 52.9. The molecule has 7 saturated carbocycles. The van der Waals surface area contributed by atoms with Crippen LogP contribution in [-0.4, -0.2) is 50.3 Å². The van der Waals surface area contributed by atoms with Crippen LogP contribution in [0.5, 0.6) is 0 Å². The molecule has 0 aromatic rings. The molecule has 8 heteroatoms. The summed E-state index contributed by atoms with van der Waals surface area (Å²) in [4.78, 5) is 49.5. The SMILES string of the molecule is C=CC(=O)OCC1CC2C3CC(COC(=O)CCCCCCCC4CCC(CCCCCC)C(CCCCCCCC)C4CCCCCCCC(=O)OCC4CC5C6CC(COC(=O)C(=C)C)C(C6)C5C4)C(C3)C2C1. The first kappa shape index (κ1) is 60.0. The van der Waals surface area contributed by atoms with Gasteiger partial charge in [0.2, 0.25) is 0 Å². The van der Waals surface area contributed by atoms with Gasteiger partial charge in [0, 0.05) is 24.5 Å². The lowest BCUT2D eigenvalue weighted by atomic mass is 9.61. The van der Waals surface area contributed by atoms with Crippen LogP contribution in [0.1, 0.15) is 252 Å². The largest absolute Gasteiger partial charge is 0.465 e. The van der Waals surface area contributed by atoms with Gasteiger partial charge >= 0.3 is 23.9 Å². The molecule has 7 fully saturated rings. The third-order valence-corrected chi connectivity index (χ3v) is 21.6. The van der Waals surface area contributed by atoms with Crippen molar-refractivity contribution >= 4 is 23.9 Å². The highest BCUT2D eigenvalue weighted by Gasteiger charge is 2.57. The van der Waals surface area contributed by atoms with Crippen LogP contribution in [0.3, 0.4) is 0 Å². The first-order valence-corrected chi connectivity index (χ1v) is 32.5. The molecule has 0 saturated heterocycles. The summed E-state index contributed by atoms with van der Waals surface area (Å²) in [6, 6.07) is 0. The van der Waals surface area contributed by atoms with E-state index < -0.39 is 0 Å². The van der Waals surface area contributed by atoms with Crippen molar-refractivity contribution in [1.29, 1.82) is 0 Å². The van der Waals surface area contributed by atoms with E-state index in [2.05, 4.69) is 27.0 Å². The minimum absolute atomic E-state index is 0.00102. The summed E-state index contributed by atoms with van der Waals surface area (Å²) in [6.45, 7) is 15.9. The van der Waals surface area contributed by atoms with Gasteiger partial charge in [-0.05, 0) is 192 Å². The Morgan fingerprint density at radius 2 is 0.827 bits per heavy atom. The number of ether oxygens (including phenoxy) is 4. The van der Waals surface area contributed by atoms with Gasteiger partial charge in [-0.1, -0.05) is 155 Å². The first-order valence-electron chi connectivity index (χ1n) is 32.5. The highest BCUT2D eigenvalue weighted by Crippen LogP contribution is 2.63. The average molecular weight is 1040 g/mol. The van der Waals surface area contributed by atoms with Crippen molar-refractivity contribution in [2.75, 3.05) is 26.4 Å². The van der Waals surface area contributed by atoms with Gasteiger partial charge < -0.3 is 18.9 Å². The fraction of sp³-hybridized carbons (Fsp3) is 0.881. The summed E-state index contributed by atoms with van der Waals surface area (Å²) in [5, 5.41) is 0. The Kier molecular flexibility index (Phi) is 25.5. The molecule has 75 heavy (non-hydrogen) atoms. The molecule has 7 aliphatic carbocycles. The van der Waals surface area contributed by atoms with Crippen LogP contribution in [0.15, 0.2) is 24.8 Å². The Bertz CT molecular complexity index is 1760. The van der Waals surface area contributed by atoms with Crippen LogP contribution in [0.25, 0.3) is 0 Å². The summed E-state index contributed by atoms with van der Waals surface area (Å²) < 4.78 is 22.9. The molecule has 0 N–H and O–H groups in total. The lowest BCUT2D eigenvalue weighted by Crippen LogP contribution is -2.35. The Labute approximate surface area is 458 Å². The number of esters is 4. The van der Waals surface area contributed by atoms with Crippen molar-refractivity contribution in [3.63, 3.8) is 0 Å². The van der Waals surface area contributed by atoms with Gasteiger partial charge in [0.05, 0.1) is 26.4 Å². The van der Waals surface area contributed by atoms with Crippen LogP contribution in [0.2, 0.25) is 0 Å². The summed E-state index contributed by atoms with van der Waals surface area (Å²) >= 11 is 0. The van der Waals surface area contributed by atoms with E-state index in [-0.39, 0.29) is 23.9 Å². The third kappa shape index (κ3) is 17.9. The Balaban J connectivity index is 0.780. The molecule has 0 radical (unpaired) electrons. The molecular formula is C67H110O8. The lowest BCUT2D eigenvalue weighted by molar-refractivity contribution is -0.146. The number of hydrogen-bond donors (Lipinski definition) is 0. The van der Waals surface area contributed by atoms with Gasteiger partial charge in [-0.15, -0.1) is 0 Å². The maximum atomic E-state index is 12.9. The summed E-state index contributed by atoms with van der Waals surface area (Å²) in [5.74, 6) is 10.7. The van der Waals surface area contributed by atoms with Crippen LogP contribution in [0.4, 0.5) is 0 Å². The van der Waals surface area contributed by atoms with E-state index in [0.29, 0.717) is 92.2 Å². The quantitative estimate of drug-likeness (QED) is 0.0261. The summed E-state index contributed by atoms with van der Waals surface area (Å²) in [5.41, 5.74) is 0.479. The van der Waals surface area contributed by atoms with Gasteiger partial charge in [-0.2, -0.15) is 0 Å². The van der Waals surface area contributed by atoms with E-state index in [0.717, 1.165) is 85.9 Å². The van der Waals surface area contributed by atoms with Crippen LogP contribution < -0.4 is 0 Å². The molecule has 0 aliphatic heterocycles. The molecule has 0 aromatic heterocycles. The minimum Gasteiger partial charge on any atom is -0.465 e. The molecule has 16 atom stereocenters. The van der Waals surface area contributed by atoms with Gasteiger partial charge in [0.15, 0.2) is 0 Å². The molecule has 4 bridgehead atoms. The predicted molar refractivity (Wildman–Crippen MR) is 302 cm³/mol. The monoisotopic (exact) mass is 1040 g/mol. The molecule has 16 unspecified atom stereocenters. The van der Waals surface area contributed by atoms with Crippen molar-refractivity contribution in [1.82, 2.24) is 0 Å². The number of fused-ring (bicyclic) bond motifs is 10. The highest BCUT2D eigenvalue weighted by molar-refractivity contribution is 5.86. The first-order chi connectivity index (χ1) is 36.6. The maximum absolute atomic E-state index is 12.9. The fourth-order valence-electron chi connectivity index (χ4n) is 18.0. The van der Waals surface area contributed by atoms with Crippen molar-refractivity contribution < 1.29 is 38.1 Å². The molecule has 426 valence electrons. The number of hydrogen-bond acceptors (Lipinski definition) is 8. The van der Waals surface area contributed by atoms with Gasteiger partial charge in [-0.3, -0.25) is 9.59 Å². The number of rotatable bonds is 38. The molecule has 0 aromatic carbocycles. The van der Waals surface area contributed by atoms with Crippen LogP contribution >= 0.6 is 0 Å². The maximum Gasteiger partial charge on any atom is 0.333 e. The molecule has 7 aliphatic rings. The Morgan fingerprint density at radius 1 is 0.427 bits per heavy atom. The molecule has 0 amide bonds. The molecule has 0 heterocycles. The van der Waals surface area contributed by atoms with E-state index in [1.807, 2.05) is 0 Å². The lowest BCUT2D eigenvalue weighted by Gasteiger charge is -2.44. The van der Waals surface area contributed by atoms with E-state index in [4.69, 9.17) is 18.9 Å². The number of carbonyl (C=O) groups excluding carboxylic acids is 4. The topological polar surface area (TPSA) is 105 Å². The van der Waals surface area contributed by atoms with Crippen molar-refractivity contribution in [2.45, 2.75) is 252 Å². The standard InChI is InChI=1S/C67H110O8/c1-6-9-11-13-17-23-29-56-50(27-21-12-10-7-2)33-34-51(28-22-16-14-19-26-32-66(70)74-45-54-39-52-41-60(54)62-37-48(35-58(52)62)43-72-64(68)8-3)57(56)30-24-18-15-20-25-31-65(69)73-44-49-36-59-53-40-55(46-75-67(71)47(4)5)61(42-53)63(59)38-49/h8,48-63H,3-4,6-7,9-46H2,1-2,5H3. The molecular weight excluding hydrogens is 933 g/mol. The van der Waals surface area contributed by atoms with Gasteiger partial charge in [-0.25, -0.2) is 9.59 Å². The smallest absolute Gasteiger partial charge is 0.333 e. The number of unbranched alkanes of at least 4 members (excludes halogenated alkanes) is 16. The second-order valence-corrected chi connectivity index (χ2v) is 26.7. The van der Waals surface area contributed by atoms with E-state index in [9.17, 15) is 19.2 Å². The minimum atomic E-state index is -0.312. The second kappa shape index (κ2) is 31.8. The van der Waals surface area contributed by atoms with Gasteiger partial charge in [0.25, 0.3) is 0 Å². The molecule has 7 rings (SSSR count). The van der Waals surface area contributed by atoms with Crippen LogP contribution in [-0.2, 0) is 38.1 Å². The predicted octanol–water partition coefficient (Wildman–Crippen LogP) is 17.0. The fourth-order valence-corrected chi connectivity index (χ4v) is 18.0. The third-order valence-electron chi connectivity index (χ3n) is 21.6. The highest BCUT2D eigenvalue weighted by atomic mass is 16.5. The van der Waals surface area contributed by atoms with Gasteiger partial charge in [0.1, 0.15) is 0 Å². The summed E-state index contributed by atoms with van der Waals surface area (Å²) in [7, 11) is 0. The second-order valence-electron chi connectivity index (χ2n) is 26.7. The normalized spacial score (nSPS) is 33.1. The zero-order valence-corrected chi connectivity index (χ0v) is 48.3. The van der Waals surface area contributed by atoms with Crippen molar-refractivity contribution in [2.24, 2.45) is 94.7 Å². The molecule has 0 spiro atoms. The number of carbonyl (C=O) groups is 4. The molecule has 8 nitrogen and oxygen atoms in total. The van der Waals surface area contributed by atoms with E-state index in [1.165, 1.54) is 186 Å². The average Bonchev–Trinajstić information content (AvgIpc) is 4.28. The Morgan fingerprint density at radius 3 is 1.31 bits per heavy atom. The van der Waals surface area contributed by atoms with E-state index in [1.54, 1.807) is 6.92 Å². The van der Waals surface area contributed by atoms with E-state index >= 15 is 0 Å².